The van der Waals surface area contributed by atoms with Crippen LogP contribution in [0.25, 0.3) is 0 Å². The maximum Gasteiger partial charge on any atom is 0.231 e. The van der Waals surface area contributed by atoms with Gasteiger partial charge in [-0.05, 0) is 63.5 Å². The molecule has 0 N–H and O–H groups in total. The molecule has 0 unspecified atom stereocenters. The summed E-state index contributed by atoms with van der Waals surface area (Å²) < 4.78 is 6.75. The highest BCUT2D eigenvalue weighted by atomic mass is 16.5. The van der Waals surface area contributed by atoms with Crippen molar-refractivity contribution in [1.82, 2.24) is 4.90 Å². The summed E-state index contributed by atoms with van der Waals surface area (Å²) >= 11 is 0. The molecule has 0 radical (unpaired) electrons. The Balaban J connectivity index is 1.57. The molecule has 4 aliphatic rings. The Morgan fingerprint density at radius 3 is 2.58 bits per heavy atom. The van der Waals surface area contributed by atoms with E-state index in [4.69, 9.17) is 4.74 Å². The van der Waals surface area contributed by atoms with Gasteiger partial charge in [0.1, 0.15) is 6.23 Å². The average molecular weight is 354 g/mol. The van der Waals surface area contributed by atoms with Gasteiger partial charge in [0, 0.05) is 17.4 Å². The van der Waals surface area contributed by atoms with Gasteiger partial charge in [-0.3, -0.25) is 4.79 Å². The number of benzene rings is 1. The molecule has 2 aliphatic heterocycles. The molecule has 0 spiro atoms. The number of nitrogens with zero attached hydrogens (tertiary/aromatic N) is 1. The number of hydrogen-bond acceptors (Lipinski definition) is 2. The van der Waals surface area contributed by atoms with Crippen LogP contribution in [0.5, 0.6) is 0 Å². The number of ether oxygens (including phenoxy) is 1. The van der Waals surface area contributed by atoms with Crippen molar-refractivity contribution < 1.29 is 9.53 Å². The van der Waals surface area contributed by atoms with E-state index >= 15 is 0 Å². The van der Waals surface area contributed by atoms with Crippen LogP contribution in [0.1, 0.15) is 58.1 Å². The van der Waals surface area contributed by atoms with Gasteiger partial charge < -0.3 is 9.64 Å². The molecule has 1 amide bonds. The van der Waals surface area contributed by atoms with Gasteiger partial charge in [-0.15, -0.1) is 0 Å². The predicted molar refractivity (Wildman–Crippen MR) is 102 cm³/mol. The van der Waals surface area contributed by atoms with Crippen LogP contribution < -0.4 is 0 Å². The van der Waals surface area contributed by atoms with Crippen molar-refractivity contribution in [2.24, 2.45) is 23.2 Å². The number of rotatable bonds is 0. The number of carbonyl (C=O) groups is 1. The van der Waals surface area contributed by atoms with Crippen molar-refractivity contribution in [1.29, 1.82) is 0 Å². The Kier molecular flexibility index (Phi) is 3.45. The van der Waals surface area contributed by atoms with Gasteiger partial charge >= 0.3 is 0 Å². The second-order valence-corrected chi connectivity index (χ2v) is 10.1. The van der Waals surface area contributed by atoms with Crippen LogP contribution in [0.3, 0.4) is 0 Å². The van der Waals surface area contributed by atoms with E-state index in [0.717, 1.165) is 25.2 Å². The van der Waals surface area contributed by atoms with E-state index in [0.29, 0.717) is 17.9 Å². The van der Waals surface area contributed by atoms with Crippen LogP contribution in [0.15, 0.2) is 24.3 Å². The molecular weight excluding hydrogens is 322 g/mol. The summed E-state index contributed by atoms with van der Waals surface area (Å²) in [7, 11) is 0. The fourth-order valence-corrected chi connectivity index (χ4v) is 6.53. The molecule has 1 aromatic rings. The van der Waals surface area contributed by atoms with E-state index in [-0.39, 0.29) is 23.1 Å². The number of amides is 1. The molecule has 1 aromatic carbocycles. The van der Waals surface area contributed by atoms with Crippen LogP contribution in [-0.4, -0.2) is 28.7 Å². The zero-order chi connectivity index (χ0) is 18.3. The highest BCUT2D eigenvalue weighted by Gasteiger charge is 2.65. The van der Waals surface area contributed by atoms with Gasteiger partial charge in [0.2, 0.25) is 5.91 Å². The third kappa shape index (κ3) is 2.07. The van der Waals surface area contributed by atoms with Crippen LogP contribution in [0.2, 0.25) is 0 Å². The van der Waals surface area contributed by atoms with E-state index in [1.54, 1.807) is 0 Å². The summed E-state index contributed by atoms with van der Waals surface area (Å²) in [5.74, 6) is 1.78. The lowest BCUT2D eigenvalue weighted by molar-refractivity contribution is -0.228. The highest BCUT2D eigenvalue weighted by Crippen LogP contribution is 2.57. The van der Waals surface area contributed by atoms with Crippen molar-refractivity contribution in [3.63, 3.8) is 0 Å². The summed E-state index contributed by atoms with van der Waals surface area (Å²) in [6.07, 6.45) is 5.65. The molecule has 140 valence electrons. The van der Waals surface area contributed by atoms with Crippen molar-refractivity contribution in [2.75, 3.05) is 0 Å². The fourth-order valence-electron chi connectivity index (χ4n) is 6.53. The molecule has 3 fully saturated rings. The molecule has 1 saturated carbocycles. The molecule has 3 heteroatoms. The summed E-state index contributed by atoms with van der Waals surface area (Å²) in [5.41, 5.74) is 2.32. The standard InChI is InChI=1S/C23H31NO2/c1-14-9-10-17-19(11-14)26-20-18-12-15-7-5-6-8-16(15)13-23(18,4)21(25)24(20)22(17,2)3/h5-8,14,17-20H,9-13H2,1-4H3/t14-,17-,18-,19-,20+,23+/m1/s1. The summed E-state index contributed by atoms with van der Waals surface area (Å²) in [6.45, 7) is 9.13. The quantitative estimate of drug-likeness (QED) is 0.700. The number of fused-ring (bicyclic) bond motifs is 5. The smallest absolute Gasteiger partial charge is 0.231 e. The summed E-state index contributed by atoms with van der Waals surface area (Å²) in [5, 5.41) is 0. The number of carbonyl (C=O) groups excluding carboxylic acids is 1. The SMILES string of the molecule is C[C@@H]1CC[C@@H]2[C@@H](C1)O[C@H]1[C@H]3Cc4ccccc4C[C@]3(C)C(=O)N1C2(C)C. The fraction of sp³-hybridized carbons (Fsp3) is 0.696. The molecule has 0 aromatic heterocycles. The Labute approximate surface area is 157 Å². The first-order chi connectivity index (χ1) is 12.3. The van der Waals surface area contributed by atoms with E-state index in [9.17, 15) is 4.79 Å². The molecule has 2 saturated heterocycles. The molecule has 2 aliphatic carbocycles. The number of hydrogen-bond donors (Lipinski definition) is 0. The molecular formula is C23H31NO2. The lowest BCUT2D eigenvalue weighted by Crippen LogP contribution is -2.64. The predicted octanol–water partition coefficient (Wildman–Crippen LogP) is 4.19. The summed E-state index contributed by atoms with van der Waals surface area (Å²) in [6, 6.07) is 8.67. The van der Waals surface area contributed by atoms with Crippen LogP contribution in [-0.2, 0) is 22.4 Å². The second-order valence-electron chi connectivity index (χ2n) is 10.1. The maximum absolute atomic E-state index is 13.7. The van der Waals surface area contributed by atoms with Crippen molar-refractivity contribution in [3.8, 4) is 0 Å². The van der Waals surface area contributed by atoms with Crippen molar-refractivity contribution >= 4 is 5.91 Å². The zero-order valence-electron chi connectivity index (χ0n) is 16.5. The zero-order valence-corrected chi connectivity index (χ0v) is 16.5. The Hall–Kier alpha value is -1.35. The van der Waals surface area contributed by atoms with Crippen molar-refractivity contribution in [2.45, 2.75) is 77.7 Å². The summed E-state index contributed by atoms with van der Waals surface area (Å²) in [4.78, 5) is 15.9. The van der Waals surface area contributed by atoms with Gasteiger partial charge in [0.25, 0.3) is 0 Å². The maximum atomic E-state index is 13.7. The van der Waals surface area contributed by atoms with E-state index < -0.39 is 0 Å². The molecule has 5 rings (SSSR count). The van der Waals surface area contributed by atoms with E-state index in [1.165, 1.54) is 24.0 Å². The van der Waals surface area contributed by atoms with Gasteiger partial charge in [0.05, 0.1) is 11.5 Å². The van der Waals surface area contributed by atoms with Gasteiger partial charge in [-0.25, -0.2) is 0 Å². The molecule has 0 bridgehead atoms. The van der Waals surface area contributed by atoms with Gasteiger partial charge in [-0.1, -0.05) is 37.6 Å². The Bertz CT molecular complexity index is 756. The van der Waals surface area contributed by atoms with Crippen molar-refractivity contribution in [3.05, 3.63) is 35.4 Å². The largest absolute Gasteiger partial charge is 0.354 e. The second kappa shape index (κ2) is 5.34. The topological polar surface area (TPSA) is 29.5 Å². The highest BCUT2D eigenvalue weighted by molar-refractivity contribution is 5.87. The Morgan fingerprint density at radius 1 is 1.08 bits per heavy atom. The van der Waals surface area contributed by atoms with Crippen LogP contribution >= 0.6 is 0 Å². The van der Waals surface area contributed by atoms with Crippen LogP contribution in [0.4, 0.5) is 0 Å². The minimum absolute atomic E-state index is 0.0533. The lowest BCUT2D eigenvalue weighted by atomic mass is 9.66. The van der Waals surface area contributed by atoms with Gasteiger partial charge in [0.15, 0.2) is 0 Å². The first kappa shape index (κ1) is 16.8. The normalized spacial score (nSPS) is 43.3. The first-order valence-corrected chi connectivity index (χ1v) is 10.4. The van der Waals surface area contributed by atoms with E-state index in [2.05, 4.69) is 56.9 Å². The molecule has 3 nitrogen and oxygen atoms in total. The molecule has 2 heterocycles. The third-order valence-electron chi connectivity index (χ3n) is 8.14. The molecule has 26 heavy (non-hydrogen) atoms. The average Bonchev–Trinajstić information content (AvgIpc) is 2.80. The van der Waals surface area contributed by atoms with Crippen LogP contribution in [0, 0.1) is 23.2 Å². The van der Waals surface area contributed by atoms with Gasteiger partial charge in [-0.2, -0.15) is 0 Å². The third-order valence-corrected chi connectivity index (χ3v) is 8.14. The minimum Gasteiger partial charge on any atom is -0.354 e. The first-order valence-electron chi connectivity index (χ1n) is 10.4. The molecule has 6 atom stereocenters. The lowest BCUT2D eigenvalue weighted by Gasteiger charge is -2.56. The van der Waals surface area contributed by atoms with E-state index in [1.807, 2.05) is 0 Å². The minimum atomic E-state index is -0.324. The monoisotopic (exact) mass is 353 g/mol. The Morgan fingerprint density at radius 2 is 1.81 bits per heavy atom.